The number of amidine groups is 1. The van der Waals surface area contributed by atoms with Gasteiger partial charge in [0.05, 0.1) is 29.8 Å². The summed E-state index contributed by atoms with van der Waals surface area (Å²) in [6.07, 6.45) is 4.57. The first-order valence-corrected chi connectivity index (χ1v) is 12.0. The fourth-order valence-corrected chi connectivity index (χ4v) is 4.21. The largest absolute Gasteiger partial charge is 0.497 e. The molecule has 4 rings (SSSR count). The van der Waals surface area contributed by atoms with Gasteiger partial charge in [-0.3, -0.25) is 20.0 Å². The molecule has 2 N–H and O–H groups in total. The summed E-state index contributed by atoms with van der Waals surface area (Å²) < 4.78 is 20.2. The van der Waals surface area contributed by atoms with Crippen LogP contribution in [0.4, 0.5) is 10.1 Å². The molecule has 2 aromatic carbocycles. The van der Waals surface area contributed by atoms with E-state index < -0.39 is 11.7 Å². The number of halogens is 2. The van der Waals surface area contributed by atoms with Crippen LogP contribution in [0.25, 0.3) is 0 Å². The first-order valence-electron chi connectivity index (χ1n) is 11.6. The number of nitrogens with one attached hydrogen (secondary N) is 2. The van der Waals surface area contributed by atoms with Crippen LogP contribution in [-0.2, 0) is 6.42 Å². The van der Waals surface area contributed by atoms with Gasteiger partial charge in [0, 0.05) is 36.1 Å². The van der Waals surface area contributed by atoms with Crippen molar-refractivity contribution >= 4 is 34.8 Å². The summed E-state index contributed by atoms with van der Waals surface area (Å²) in [7, 11) is 1.47. The van der Waals surface area contributed by atoms with Gasteiger partial charge in [0.25, 0.3) is 5.91 Å². The van der Waals surface area contributed by atoms with Gasteiger partial charge >= 0.3 is 0 Å². The SMILES string of the molecule is COc1ccc(NC(=O)c2ccc(C(=N)N3CCCCC3)cc2F)c(C(=O)Cc2ccc(Cl)cn2)c1. The predicted molar refractivity (Wildman–Crippen MR) is 137 cm³/mol. The maximum Gasteiger partial charge on any atom is 0.258 e. The number of likely N-dealkylation sites (tertiary alicyclic amines) is 1. The number of methoxy groups -OCH3 is 1. The first-order chi connectivity index (χ1) is 17.4. The topological polar surface area (TPSA) is 95.4 Å². The Morgan fingerprint density at radius 3 is 2.53 bits per heavy atom. The molecule has 0 unspecified atom stereocenters. The number of ketones is 1. The lowest BCUT2D eigenvalue weighted by Gasteiger charge is -2.29. The second-order valence-corrected chi connectivity index (χ2v) is 8.96. The van der Waals surface area contributed by atoms with Crippen LogP contribution in [0.1, 0.15) is 51.2 Å². The number of pyridine rings is 1. The van der Waals surface area contributed by atoms with Crippen molar-refractivity contribution in [2.75, 3.05) is 25.5 Å². The Balaban J connectivity index is 1.54. The van der Waals surface area contributed by atoms with Crippen LogP contribution in [0, 0.1) is 11.2 Å². The van der Waals surface area contributed by atoms with Crippen molar-refractivity contribution in [2.24, 2.45) is 0 Å². The second-order valence-electron chi connectivity index (χ2n) is 8.52. The van der Waals surface area contributed by atoms with E-state index in [2.05, 4.69) is 10.3 Å². The van der Waals surface area contributed by atoms with Crippen LogP contribution in [0.15, 0.2) is 54.7 Å². The third-order valence-corrected chi connectivity index (χ3v) is 6.29. The normalized spacial score (nSPS) is 13.2. The van der Waals surface area contributed by atoms with Gasteiger partial charge in [-0.1, -0.05) is 17.7 Å². The fourth-order valence-electron chi connectivity index (χ4n) is 4.10. The fraction of sp³-hybridized carbons (Fsp3) is 0.259. The molecule has 1 aromatic heterocycles. The van der Waals surface area contributed by atoms with Crippen molar-refractivity contribution in [3.8, 4) is 5.75 Å². The highest BCUT2D eigenvalue weighted by atomic mass is 35.5. The third-order valence-electron chi connectivity index (χ3n) is 6.07. The number of rotatable bonds is 7. The number of nitrogens with zero attached hydrogens (tertiary/aromatic N) is 2. The molecule has 0 saturated carbocycles. The van der Waals surface area contributed by atoms with E-state index in [4.69, 9.17) is 21.7 Å². The van der Waals surface area contributed by atoms with Gasteiger partial charge in [-0.2, -0.15) is 0 Å². The van der Waals surface area contributed by atoms with Gasteiger partial charge in [-0.05, 0) is 61.7 Å². The number of benzene rings is 2. The molecule has 1 aliphatic heterocycles. The number of hydrogen-bond acceptors (Lipinski definition) is 5. The molecule has 3 aromatic rings. The standard InChI is InChI=1S/C27H26ClFN4O3/c1-36-20-8-10-24(22(15-20)25(34)14-19-7-6-18(28)16-31-19)32-27(35)21-9-5-17(13-23(21)29)26(30)33-11-3-2-4-12-33/h5-10,13,15-16,30H,2-4,11-12,14H2,1H3,(H,32,35). The molecule has 1 amide bonds. The number of piperidine rings is 1. The Kier molecular flexibility index (Phi) is 7.95. The van der Waals surface area contributed by atoms with Gasteiger partial charge in [0.1, 0.15) is 17.4 Å². The molecule has 0 bridgehead atoms. The Morgan fingerprint density at radius 2 is 1.86 bits per heavy atom. The van der Waals surface area contributed by atoms with Crippen LogP contribution < -0.4 is 10.1 Å². The van der Waals surface area contributed by atoms with Crippen molar-refractivity contribution < 1.29 is 18.7 Å². The summed E-state index contributed by atoms with van der Waals surface area (Å²) in [5, 5.41) is 11.5. The third kappa shape index (κ3) is 5.88. The zero-order chi connectivity index (χ0) is 25.7. The maximum atomic E-state index is 14.9. The van der Waals surface area contributed by atoms with Gasteiger partial charge in [0.2, 0.25) is 0 Å². The van der Waals surface area contributed by atoms with E-state index >= 15 is 0 Å². The lowest BCUT2D eigenvalue weighted by atomic mass is 10.0. The van der Waals surface area contributed by atoms with E-state index in [9.17, 15) is 14.0 Å². The van der Waals surface area contributed by atoms with Crippen molar-refractivity contribution in [1.82, 2.24) is 9.88 Å². The molecule has 2 heterocycles. The number of carbonyl (C=O) groups excluding carboxylic acids is 2. The first kappa shape index (κ1) is 25.3. The average Bonchev–Trinajstić information content (AvgIpc) is 2.90. The molecule has 0 aliphatic carbocycles. The lowest BCUT2D eigenvalue weighted by molar-refractivity contribution is 0.0992. The maximum absolute atomic E-state index is 14.9. The number of hydrogen-bond donors (Lipinski definition) is 2. The molecule has 1 fully saturated rings. The van der Waals surface area contributed by atoms with E-state index in [0.717, 1.165) is 32.4 Å². The molecule has 0 radical (unpaired) electrons. The van der Waals surface area contributed by atoms with Crippen LogP contribution in [0.5, 0.6) is 5.75 Å². The highest BCUT2D eigenvalue weighted by molar-refractivity contribution is 6.30. The second kappa shape index (κ2) is 11.3. The van der Waals surface area contributed by atoms with Gasteiger partial charge in [-0.15, -0.1) is 0 Å². The molecule has 36 heavy (non-hydrogen) atoms. The highest BCUT2D eigenvalue weighted by Gasteiger charge is 2.21. The van der Waals surface area contributed by atoms with Gasteiger partial charge in [-0.25, -0.2) is 4.39 Å². The number of ether oxygens (including phenoxy) is 1. The molecule has 0 spiro atoms. The molecule has 1 saturated heterocycles. The number of Topliss-reactive ketones (excluding diaryl/α,β-unsaturated/α-hetero) is 1. The van der Waals surface area contributed by atoms with Crippen LogP contribution >= 0.6 is 11.6 Å². The van der Waals surface area contributed by atoms with Crippen molar-refractivity contribution in [2.45, 2.75) is 25.7 Å². The summed E-state index contributed by atoms with van der Waals surface area (Å²) in [6.45, 7) is 1.53. The molecule has 9 heteroatoms. The Labute approximate surface area is 213 Å². The number of anilines is 1. The highest BCUT2D eigenvalue weighted by Crippen LogP contribution is 2.25. The van der Waals surface area contributed by atoms with E-state index in [1.54, 1.807) is 24.3 Å². The summed E-state index contributed by atoms with van der Waals surface area (Å²) >= 11 is 5.87. The van der Waals surface area contributed by atoms with E-state index in [1.807, 2.05) is 4.90 Å². The monoisotopic (exact) mass is 508 g/mol. The minimum absolute atomic E-state index is 0.0190. The molecule has 186 valence electrons. The van der Waals surface area contributed by atoms with Gasteiger partial charge < -0.3 is 15.0 Å². The van der Waals surface area contributed by atoms with Crippen LogP contribution in [-0.4, -0.2) is 47.6 Å². The van der Waals surface area contributed by atoms with E-state index in [0.29, 0.717) is 22.0 Å². The number of carbonyl (C=O) groups is 2. The molecule has 7 nitrogen and oxygen atoms in total. The molecular formula is C27H26ClFN4O3. The molecule has 0 atom stereocenters. The van der Waals surface area contributed by atoms with Gasteiger partial charge in [0.15, 0.2) is 5.78 Å². The number of amides is 1. The quantitative estimate of drug-likeness (QED) is 0.254. The summed E-state index contributed by atoms with van der Waals surface area (Å²) in [6, 6.07) is 12.1. The minimum Gasteiger partial charge on any atom is -0.497 e. The average molecular weight is 509 g/mol. The van der Waals surface area contributed by atoms with Crippen LogP contribution in [0.3, 0.4) is 0 Å². The smallest absolute Gasteiger partial charge is 0.258 e. The predicted octanol–water partition coefficient (Wildman–Crippen LogP) is 5.37. The van der Waals surface area contributed by atoms with Crippen LogP contribution in [0.2, 0.25) is 5.02 Å². The summed E-state index contributed by atoms with van der Waals surface area (Å²) in [5.41, 5.74) is 1.19. The zero-order valence-electron chi connectivity index (χ0n) is 19.8. The van der Waals surface area contributed by atoms with E-state index in [1.165, 1.54) is 37.6 Å². The van der Waals surface area contributed by atoms with E-state index in [-0.39, 0.29) is 34.9 Å². The van der Waals surface area contributed by atoms with Crippen molar-refractivity contribution in [1.29, 1.82) is 5.41 Å². The summed E-state index contributed by atoms with van der Waals surface area (Å²) in [4.78, 5) is 32.1. The Hall–Kier alpha value is -3.78. The molecular weight excluding hydrogens is 483 g/mol. The van der Waals surface area contributed by atoms with Crippen molar-refractivity contribution in [3.05, 3.63) is 88.0 Å². The zero-order valence-corrected chi connectivity index (χ0v) is 20.6. The lowest BCUT2D eigenvalue weighted by Crippen LogP contribution is -2.35. The summed E-state index contributed by atoms with van der Waals surface area (Å²) in [5.74, 6) is -1.05. The Bertz CT molecular complexity index is 1290. The van der Waals surface area contributed by atoms with Crippen molar-refractivity contribution in [3.63, 3.8) is 0 Å². The minimum atomic E-state index is -0.737. The molecule has 1 aliphatic rings. The Morgan fingerprint density at radius 1 is 1.08 bits per heavy atom. The number of aromatic nitrogens is 1.